The second-order valence-corrected chi connectivity index (χ2v) is 4.38. The fourth-order valence-electron chi connectivity index (χ4n) is 1.77. The van der Waals surface area contributed by atoms with E-state index < -0.39 is 4.92 Å². The van der Waals surface area contributed by atoms with E-state index in [1.54, 1.807) is 43.3 Å². The summed E-state index contributed by atoms with van der Waals surface area (Å²) < 4.78 is 4.89. The van der Waals surface area contributed by atoms with Crippen LogP contribution in [0.4, 0.5) is 11.4 Å². The predicted octanol–water partition coefficient (Wildman–Crippen LogP) is 3.52. The molecule has 0 saturated heterocycles. The van der Waals surface area contributed by atoms with Gasteiger partial charge in [0.15, 0.2) is 0 Å². The fourth-order valence-corrected chi connectivity index (χ4v) is 1.77. The van der Waals surface area contributed by atoms with Crippen LogP contribution in [0.5, 0.6) is 0 Å². The molecule has 6 nitrogen and oxygen atoms in total. The Bertz CT molecular complexity index is 708. The van der Waals surface area contributed by atoms with Crippen molar-refractivity contribution in [3.8, 4) is 0 Å². The smallest absolute Gasteiger partial charge is 0.338 e. The van der Waals surface area contributed by atoms with Crippen molar-refractivity contribution >= 4 is 23.6 Å². The quantitative estimate of drug-likeness (QED) is 0.366. The summed E-state index contributed by atoms with van der Waals surface area (Å²) in [6, 6.07) is 12.8. The SMILES string of the molecule is CCOC(=O)c1ccc(N=Cc2cccc([N+](=O)[O-])c2)cc1. The topological polar surface area (TPSA) is 81.8 Å². The zero-order valence-corrected chi connectivity index (χ0v) is 11.9. The highest BCUT2D eigenvalue weighted by Crippen LogP contribution is 2.16. The molecular weight excluding hydrogens is 284 g/mol. The van der Waals surface area contributed by atoms with Gasteiger partial charge in [-0.25, -0.2) is 4.79 Å². The number of nitrogens with zero attached hydrogens (tertiary/aromatic N) is 2. The van der Waals surface area contributed by atoms with Crippen LogP contribution in [-0.4, -0.2) is 23.7 Å². The maximum Gasteiger partial charge on any atom is 0.338 e. The van der Waals surface area contributed by atoms with Gasteiger partial charge in [-0.05, 0) is 36.8 Å². The summed E-state index contributed by atoms with van der Waals surface area (Å²) >= 11 is 0. The molecule has 6 heteroatoms. The van der Waals surface area contributed by atoms with Crippen molar-refractivity contribution in [2.45, 2.75) is 6.92 Å². The number of nitro benzene ring substituents is 1. The minimum absolute atomic E-state index is 0.0154. The van der Waals surface area contributed by atoms with Crippen molar-refractivity contribution in [2.75, 3.05) is 6.61 Å². The highest BCUT2D eigenvalue weighted by Gasteiger charge is 2.06. The van der Waals surface area contributed by atoms with Gasteiger partial charge in [0.25, 0.3) is 5.69 Å². The number of ether oxygens (including phenoxy) is 1. The standard InChI is InChI=1S/C16H14N2O4/c1-2-22-16(19)13-6-8-14(9-7-13)17-11-12-4-3-5-15(10-12)18(20)21/h3-11H,2H2,1H3. The number of hydrogen-bond donors (Lipinski definition) is 0. The molecule has 0 amide bonds. The lowest BCUT2D eigenvalue weighted by Gasteiger charge is -2.01. The number of hydrogen-bond acceptors (Lipinski definition) is 5. The number of carbonyl (C=O) groups is 1. The van der Waals surface area contributed by atoms with Gasteiger partial charge in [-0.1, -0.05) is 12.1 Å². The molecule has 0 unspecified atom stereocenters. The van der Waals surface area contributed by atoms with E-state index in [4.69, 9.17) is 4.74 Å². The zero-order chi connectivity index (χ0) is 15.9. The van der Waals surface area contributed by atoms with Gasteiger partial charge in [0.05, 0.1) is 22.8 Å². The van der Waals surface area contributed by atoms with Gasteiger partial charge in [0.2, 0.25) is 0 Å². The van der Waals surface area contributed by atoms with Gasteiger partial charge in [0.1, 0.15) is 0 Å². The van der Waals surface area contributed by atoms with E-state index in [0.717, 1.165) is 0 Å². The Morgan fingerprint density at radius 3 is 2.64 bits per heavy atom. The molecule has 0 aromatic heterocycles. The first-order valence-electron chi connectivity index (χ1n) is 6.66. The third-order valence-corrected chi connectivity index (χ3v) is 2.82. The van der Waals surface area contributed by atoms with Crippen LogP contribution in [0.1, 0.15) is 22.8 Å². The van der Waals surface area contributed by atoms with Crippen LogP contribution in [-0.2, 0) is 4.74 Å². The molecule has 0 fully saturated rings. The lowest BCUT2D eigenvalue weighted by atomic mass is 10.2. The van der Waals surface area contributed by atoms with Crippen LogP contribution >= 0.6 is 0 Å². The third kappa shape index (κ3) is 3.99. The largest absolute Gasteiger partial charge is 0.462 e. The molecule has 2 aromatic rings. The van der Waals surface area contributed by atoms with Crippen molar-refractivity contribution in [3.05, 3.63) is 69.8 Å². The van der Waals surface area contributed by atoms with Crippen LogP contribution < -0.4 is 0 Å². The second kappa shape index (κ2) is 7.12. The van der Waals surface area contributed by atoms with Crippen LogP contribution in [0, 0.1) is 10.1 Å². The summed E-state index contributed by atoms with van der Waals surface area (Å²) in [5.41, 5.74) is 1.74. The van der Waals surface area contributed by atoms with E-state index in [2.05, 4.69) is 4.99 Å². The molecule has 2 aromatic carbocycles. The number of non-ortho nitro benzene ring substituents is 1. The molecule has 0 N–H and O–H groups in total. The van der Waals surface area contributed by atoms with Gasteiger partial charge >= 0.3 is 5.97 Å². The average Bonchev–Trinajstić information content (AvgIpc) is 2.54. The van der Waals surface area contributed by atoms with Gasteiger partial charge in [-0.2, -0.15) is 0 Å². The van der Waals surface area contributed by atoms with Crippen LogP contribution in [0.15, 0.2) is 53.5 Å². The van der Waals surface area contributed by atoms with Crippen molar-refractivity contribution in [3.63, 3.8) is 0 Å². The minimum Gasteiger partial charge on any atom is -0.462 e. The molecule has 0 heterocycles. The molecule has 0 spiro atoms. The van der Waals surface area contributed by atoms with E-state index in [0.29, 0.717) is 23.4 Å². The van der Waals surface area contributed by atoms with E-state index in [1.807, 2.05) is 0 Å². The number of carbonyl (C=O) groups excluding carboxylic acids is 1. The third-order valence-electron chi connectivity index (χ3n) is 2.82. The first-order valence-corrected chi connectivity index (χ1v) is 6.66. The number of nitro groups is 1. The summed E-state index contributed by atoms with van der Waals surface area (Å²) in [5, 5.41) is 10.7. The molecule has 0 bridgehead atoms. The zero-order valence-electron chi connectivity index (χ0n) is 11.9. The minimum atomic E-state index is -0.453. The van der Waals surface area contributed by atoms with Gasteiger partial charge in [-0.15, -0.1) is 0 Å². The molecule has 0 radical (unpaired) electrons. The lowest BCUT2D eigenvalue weighted by Crippen LogP contribution is -2.03. The molecule has 0 aliphatic carbocycles. The van der Waals surface area contributed by atoms with Crippen LogP contribution in [0.25, 0.3) is 0 Å². The van der Waals surface area contributed by atoms with Gasteiger partial charge in [-0.3, -0.25) is 15.1 Å². The van der Waals surface area contributed by atoms with E-state index in [9.17, 15) is 14.9 Å². The molecular formula is C16H14N2O4. The van der Waals surface area contributed by atoms with Crippen molar-refractivity contribution in [2.24, 2.45) is 4.99 Å². The molecule has 0 atom stereocenters. The fraction of sp³-hybridized carbons (Fsp3) is 0.125. The van der Waals surface area contributed by atoms with E-state index >= 15 is 0 Å². The summed E-state index contributed by atoms with van der Waals surface area (Å²) in [4.78, 5) is 26.0. The summed E-state index contributed by atoms with van der Waals surface area (Å²) in [5.74, 6) is -0.378. The Morgan fingerprint density at radius 1 is 1.27 bits per heavy atom. The first-order chi connectivity index (χ1) is 10.6. The van der Waals surface area contributed by atoms with E-state index in [-0.39, 0.29) is 11.7 Å². The highest BCUT2D eigenvalue weighted by molar-refractivity contribution is 5.90. The number of esters is 1. The Morgan fingerprint density at radius 2 is 2.00 bits per heavy atom. The van der Waals surface area contributed by atoms with Crippen molar-refractivity contribution in [1.29, 1.82) is 0 Å². The maximum atomic E-state index is 11.5. The number of aliphatic imine (C=N–C) groups is 1. The molecule has 0 saturated carbocycles. The van der Waals surface area contributed by atoms with Crippen LogP contribution in [0.2, 0.25) is 0 Å². The monoisotopic (exact) mass is 298 g/mol. The van der Waals surface area contributed by atoms with Crippen molar-refractivity contribution < 1.29 is 14.5 Å². The lowest BCUT2D eigenvalue weighted by molar-refractivity contribution is -0.384. The molecule has 0 aliphatic rings. The molecule has 0 aliphatic heterocycles. The average molecular weight is 298 g/mol. The van der Waals surface area contributed by atoms with Crippen LogP contribution in [0.3, 0.4) is 0 Å². The second-order valence-electron chi connectivity index (χ2n) is 4.38. The Balaban J connectivity index is 2.12. The van der Waals surface area contributed by atoms with Crippen molar-refractivity contribution in [1.82, 2.24) is 0 Å². The summed E-state index contributed by atoms with van der Waals surface area (Å²) in [6.45, 7) is 2.07. The Hall–Kier alpha value is -3.02. The Labute approximate surface area is 127 Å². The number of rotatable bonds is 5. The molecule has 112 valence electrons. The maximum absolute atomic E-state index is 11.5. The molecule has 2 rings (SSSR count). The summed E-state index contributed by atoms with van der Waals surface area (Å²) in [6.07, 6.45) is 1.53. The normalized spacial score (nSPS) is 10.6. The van der Waals surface area contributed by atoms with Gasteiger partial charge in [0, 0.05) is 18.3 Å². The highest BCUT2D eigenvalue weighted by atomic mass is 16.6. The number of benzene rings is 2. The Kier molecular flexibility index (Phi) is 4.98. The predicted molar refractivity (Wildman–Crippen MR) is 82.7 cm³/mol. The van der Waals surface area contributed by atoms with Gasteiger partial charge < -0.3 is 4.74 Å². The molecule has 22 heavy (non-hydrogen) atoms. The summed E-state index contributed by atoms with van der Waals surface area (Å²) in [7, 11) is 0. The first kappa shape index (κ1) is 15.4. The van der Waals surface area contributed by atoms with E-state index in [1.165, 1.54) is 18.3 Å².